The Balaban J connectivity index is 1.64. The number of ether oxygens (including phenoxy) is 2. The van der Waals surface area contributed by atoms with Crippen LogP contribution in [0.5, 0.6) is 11.5 Å². The molecule has 0 spiro atoms. The van der Waals surface area contributed by atoms with E-state index in [2.05, 4.69) is 10.1 Å². The van der Waals surface area contributed by atoms with E-state index < -0.39 is 5.91 Å². The summed E-state index contributed by atoms with van der Waals surface area (Å²) in [7, 11) is 0. The summed E-state index contributed by atoms with van der Waals surface area (Å²) in [5.74, 6) is 0.386. The van der Waals surface area contributed by atoms with Crippen LogP contribution in [0.3, 0.4) is 0 Å². The van der Waals surface area contributed by atoms with Crippen molar-refractivity contribution >= 4 is 51.4 Å². The van der Waals surface area contributed by atoms with Gasteiger partial charge in [0.15, 0.2) is 17.3 Å². The molecular formula is C23H21ClN4O3S. The van der Waals surface area contributed by atoms with Crippen LogP contribution in [0.25, 0.3) is 6.08 Å². The van der Waals surface area contributed by atoms with Gasteiger partial charge in [0.1, 0.15) is 11.7 Å². The molecule has 32 heavy (non-hydrogen) atoms. The number of nitrogens with zero attached hydrogens (tertiary/aromatic N) is 3. The molecule has 0 saturated carbocycles. The molecule has 2 aliphatic rings. The maximum Gasteiger partial charge on any atom is 0.283 e. The molecular weight excluding hydrogens is 448 g/mol. The third kappa shape index (κ3) is 4.56. The first-order chi connectivity index (χ1) is 15.5. The molecule has 2 heterocycles. The lowest BCUT2D eigenvalue weighted by atomic mass is 10.1. The van der Waals surface area contributed by atoms with Crippen molar-refractivity contribution in [2.24, 2.45) is 10.1 Å². The number of aliphatic imine (C=N–C) groups is 1. The fourth-order valence-corrected chi connectivity index (χ4v) is 4.24. The minimum absolute atomic E-state index is 0.0190. The predicted octanol–water partition coefficient (Wildman–Crippen LogP) is 5.35. The van der Waals surface area contributed by atoms with Crippen molar-refractivity contribution in [2.45, 2.75) is 26.9 Å². The molecule has 0 unspecified atom stereocenters. The summed E-state index contributed by atoms with van der Waals surface area (Å²) in [6.45, 7) is 4.59. The van der Waals surface area contributed by atoms with Gasteiger partial charge in [0, 0.05) is 0 Å². The first kappa shape index (κ1) is 22.1. The smallest absolute Gasteiger partial charge is 0.283 e. The molecule has 0 bridgehead atoms. The van der Waals surface area contributed by atoms with Crippen molar-refractivity contribution in [3.8, 4) is 11.5 Å². The van der Waals surface area contributed by atoms with Crippen LogP contribution in [0.4, 0.5) is 0 Å². The van der Waals surface area contributed by atoms with Crippen LogP contribution < -0.4 is 9.47 Å². The lowest BCUT2D eigenvalue weighted by molar-refractivity contribution is -0.114. The Morgan fingerprint density at radius 1 is 1.19 bits per heavy atom. The molecule has 0 atom stereocenters. The van der Waals surface area contributed by atoms with E-state index in [4.69, 9.17) is 26.5 Å². The van der Waals surface area contributed by atoms with E-state index in [0.29, 0.717) is 46.9 Å². The van der Waals surface area contributed by atoms with Gasteiger partial charge in [-0.25, -0.2) is 0 Å². The normalized spacial score (nSPS) is 16.7. The molecule has 2 aliphatic heterocycles. The lowest BCUT2D eigenvalue weighted by Crippen LogP contribution is -2.35. The zero-order chi connectivity index (χ0) is 22.7. The molecule has 0 aromatic heterocycles. The molecule has 2 aromatic rings. The van der Waals surface area contributed by atoms with E-state index in [1.54, 1.807) is 18.2 Å². The lowest BCUT2D eigenvalue weighted by Gasteiger charge is -2.20. The zero-order valence-electron chi connectivity index (χ0n) is 17.6. The Morgan fingerprint density at radius 3 is 2.69 bits per heavy atom. The molecule has 9 heteroatoms. The average Bonchev–Trinajstić information content (AvgIpc) is 3.20. The van der Waals surface area contributed by atoms with E-state index >= 15 is 0 Å². The highest BCUT2D eigenvalue weighted by Crippen LogP contribution is 2.38. The highest BCUT2D eigenvalue weighted by Gasteiger charge is 2.35. The van der Waals surface area contributed by atoms with Crippen LogP contribution in [0.15, 0.2) is 58.1 Å². The number of fused-ring (bicyclic) bond motifs is 1. The largest absolute Gasteiger partial charge is 0.490 e. The molecule has 2 aromatic carbocycles. The third-order valence-electron chi connectivity index (χ3n) is 4.67. The molecule has 0 radical (unpaired) electrons. The first-order valence-electron chi connectivity index (χ1n) is 10.1. The quantitative estimate of drug-likeness (QED) is 0.553. The van der Waals surface area contributed by atoms with Gasteiger partial charge < -0.3 is 9.47 Å². The van der Waals surface area contributed by atoms with Gasteiger partial charge in [0.2, 0.25) is 5.17 Å². The number of nitrogens with one attached hydrogen (secondary N) is 1. The maximum atomic E-state index is 12.6. The van der Waals surface area contributed by atoms with E-state index in [1.807, 2.05) is 44.2 Å². The average molecular weight is 469 g/mol. The monoisotopic (exact) mass is 468 g/mol. The van der Waals surface area contributed by atoms with Gasteiger partial charge in [0.25, 0.3) is 5.91 Å². The Morgan fingerprint density at radius 2 is 1.97 bits per heavy atom. The summed E-state index contributed by atoms with van der Waals surface area (Å²) in [4.78, 5) is 16.7. The van der Waals surface area contributed by atoms with Crippen molar-refractivity contribution in [1.29, 1.82) is 5.41 Å². The Hall–Kier alpha value is -3.10. The van der Waals surface area contributed by atoms with Crippen LogP contribution in [0.2, 0.25) is 5.02 Å². The van der Waals surface area contributed by atoms with Gasteiger partial charge in [0.05, 0.1) is 17.2 Å². The summed E-state index contributed by atoms with van der Waals surface area (Å²) in [6, 6.07) is 13.2. The van der Waals surface area contributed by atoms with Crippen molar-refractivity contribution in [2.75, 3.05) is 6.61 Å². The molecule has 1 amide bonds. The van der Waals surface area contributed by atoms with Gasteiger partial charge in [-0.3, -0.25) is 10.2 Å². The number of benzene rings is 2. The zero-order valence-corrected chi connectivity index (χ0v) is 19.2. The number of amides is 1. The Labute approximate surface area is 195 Å². The number of thioether (sulfide) groups is 1. The number of hydrogen-bond donors (Lipinski definition) is 1. The van der Waals surface area contributed by atoms with E-state index in [0.717, 1.165) is 10.6 Å². The molecule has 7 nitrogen and oxygen atoms in total. The van der Waals surface area contributed by atoms with Crippen LogP contribution in [0, 0.1) is 5.41 Å². The van der Waals surface area contributed by atoms with E-state index in [9.17, 15) is 4.79 Å². The summed E-state index contributed by atoms with van der Waals surface area (Å²) >= 11 is 7.82. The Bertz CT molecular complexity index is 1160. The standard InChI is InChI=1S/C23H21ClN4O3S/c1-3-19-27-28-21(25)16(22(29)26-23(28)32-19)10-15-11-17(24)20(18(12-15)30-4-2)31-13-14-8-6-5-7-9-14/h5-12,25H,3-4,13H2,1-2H3/b16-10-,25-21?. The van der Waals surface area contributed by atoms with Crippen LogP contribution in [-0.2, 0) is 11.4 Å². The second-order valence-electron chi connectivity index (χ2n) is 6.90. The number of amidine groups is 2. The molecule has 1 N–H and O–H groups in total. The second-order valence-corrected chi connectivity index (χ2v) is 8.35. The topological polar surface area (TPSA) is 87.3 Å². The molecule has 0 fully saturated rings. The summed E-state index contributed by atoms with van der Waals surface area (Å²) < 4.78 is 11.7. The van der Waals surface area contributed by atoms with Gasteiger partial charge in [-0.05, 0) is 54.4 Å². The Kier molecular flexibility index (Phi) is 6.62. The van der Waals surface area contributed by atoms with Crippen LogP contribution >= 0.6 is 23.4 Å². The second kappa shape index (κ2) is 9.58. The molecule has 0 aliphatic carbocycles. The van der Waals surface area contributed by atoms with Crippen molar-refractivity contribution in [1.82, 2.24) is 5.01 Å². The van der Waals surface area contributed by atoms with Crippen molar-refractivity contribution in [3.63, 3.8) is 0 Å². The van der Waals surface area contributed by atoms with Crippen molar-refractivity contribution < 1.29 is 14.3 Å². The highest BCUT2D eigenvalue weighted by molar-refractivity contribution is 8.26. The van der Waals surface area contributed by atoms with Crippen LogP contribution in [-0.4, -0.2) is 33.6 Å². The fourth-order valence-electron chi connectivity index (χ4n) is 3.15. The first-order valence-corrected chi connectivity index (χ1v) is 11.3. The van der Waals surface area contributed by atoms with Gasteiger partial charge in [-0.2, -0.15) is 15.1 Å². The summed E-state index contributed by atoms with van der Waals surface area (Å²) in [5.41, 5.74) is 1.73. The summed E-state index contributed by atoms with van der Waals surface area (Å²) in [6.07, 6.45) is 2.28. The SMILES string of the molecule is CCOc1cc(/C=C2/C(=N)N3N=C(CC)SC3=NC2=O)cc(Cl)c1OCc1ccccc1. The van der Waals surface area contributed by atoms with Crippen molar-refractivity contribution in [3.05, 3.63) is 64.2 Å². The molecule has 0 saturated heterocycles. The minimum Gasteiger partial charge on any atom is -0.490 e. The van der Waals surface area contributed by atoms with E-state index in [1.165, 1.54) is 16.8 Å². The van der Waals surface area contributed by atoms with Gasteiger partial charge in [-0.1, -0.05) is 48.9 Å². The summed E-state index contributed by atoms with van der Waals surface area (Å²) in [5, 5.41) is 15.8. The number of hydrazone groups is 1. The molecule has 4 rings (SSSR count). The number of rotatable bonds is 7. The molecule has 164 valence electrons. The number of hydrogen-bond acceptors (Lipinski definition) is 6. The highest BCUT2D eigenvalue weighted by atomic mass is 35.5. The van der Waals surface area contributed by atoms with Crippen LogP contribution in [0.1, 0.15) is 31.4 Å². The fraction of sp³-hybridized carbons (Fsp3) is 0.217. The number of carbonyl (C=O) groups excluding carboxylic acids is 1. The minimum atomic E-state index is -0.486. The number of carbonyl (C=O) groups is 1. The number of halogens is 1. The van der Waals surface area contributed by atoms with Gasteiger partial charge >= 0.3 is 0 Å². The van der Waals surface area contributed by atoms with E-state index in [-0.39, 0.29) is 11.4 Å². The third-order valence-corrected chi connectivity index (χ3v) is 6.00. The predicted molar refractivity (Wildman–Crippen MR) is 129 cm³/mol. The van der Waals surface area contributed by atoms with Gasteiger partial charge in [-0.15, -0.1) is 0 Å². The maximum absolute atomic E-state index is 12.6.